The van der Waals surface area contributed by atoms with Gasteiger partial charge in [-0.1, -0.05) is 73.8 Å². The molecule has 2 aromatic carbocycles. The molecule has 0 fully saturated rings. The first kappa shape index (κ1) is 33.9. The van der Waals surface area contributed by atoms with E-state index in [1.807, 2.05) is 0 Å². The highest BCUT2D eigenvalue weighted by atomic mass is 19.1. The van der Waals surface area contributed by atoms with Crippen molar-refractivity contribution in [1.82, 2.24) is 10.6 Å². The Balaban J connectivity index is 1.56. The molecular formula is C35H42F2N2O3. The maximum atomic E-state index is 14.1. The summed E-state index contributed by atoms with van der Waals surface area (Å²) in [5.41, 5.74) is 0.401. The van der Waals surface area contributed by atoms with Gasteiger partial charge in [0.15, 0.2) is 0 Å². The zero-order valence-electron chi connectivity index (χ0n) is 24.3. The van der Waals surface area contributed by atoms with E-state index < -0.39 is 17.5 Å². The van der Waals surface area contributed by atoms with Gasteiger partial charge in [0.25, 0.3) is 5.91 Å². The minimum absolute atomic E-state index is 0.0420. The van der Waals surface area contributed by atoms with E-state index in [9.17, 15) is 23.5 Å². The number of carbonyl (C=O) groups is 2. The molecule has 42 heavy (non-hydrogen) atoms. The van der Waals surface area contributed by atoms with Gasteiger partial charge in [0.1, 0.15) is 17.4 Å². The fourth-order valence-corrected chi connectivity index (χ4v) is 3.92. The molecule has 0 saturated carbocycles. The first-order valence-electron chi connectivity index (χ1n) is 14.5. The van der Waals surface area contributed by atoms with Crippen LogP contribution in [0.4, 0.5) is 8.78 Å². The highest BCUT2D eigenvalue weighted by Crippen LogP contribution is 2.28. The van der Waals surface area contributed by atoms with Crippen molar-refractivity contribution in [2.75, 3.05) is 13.1 Å². The fourth-order valence-electron chi connectivity index (χ4n) is 3.92. The molecule has 5 nitrogen and oxygen atoms in total. The monoisotopic (exact) mass is 576 g/mol. The number of hydrogen-bond acceptors (Lipinski definition) is 3. The lowest BCUT2D eigenvalue weighted by molar-refractivity contribution is -0.121. The standard InChI is InChI=1S/C35H42F2N2O3/c1-2-3-4-5-6-7-8-9-10-11-12-13-14-15-16-17-18-19-34(41)38-24-25-39-35(42)31-26-28(20-23-33(31)40)30-22-21-29(36)27-32(30)37/h3-4,6-7,9-10,12-13,15-16,20-23,26-27,40H,2,5,8,11,14,17-19,24-25H2,1H3,(H,38,41)(H,39,42). The molecule has 2 amide bonds. The molecule has 0 spiro atoms. The molecule has 0 saturated heterocycles. The van der Waals surface area contributed by atoms with Crippen molar-refractivity contribution in [2.24, 2.45) is 0 Å². The third-order valence-electron chi connectivity index (χ3n) is 6.15. The summed E-state index contributed by atoms with van der Waals surface area (Å²) in [7, 11) is 0. The minimum atomic E-state index is -0.767. The number of benzene rings is 2. The second-order valence-corrected chi connectivity index (χ2v) is 9.56. The highest BCUT2D eigenvalue weighted by molar-refractivity contribution is 5.98. The number of phenolic OH excluding ortho intramolecular Hbond substituents is 1. The Bertz CT molecular complexity index is 1280. The summed E-state index contributed by atoms with van der Waals surface area (Å²) in [5, 5.41) is 15.5. The molecule has 0 heterocycles. The number of hydrogen-bond donors (Lipinski definition) is 3. The summed E-state index contributed by atoms with van der Waals surface area (Å²) in [6.07, 6.45) is 28.2. The second-order valence-electron chi connectivity index (χ2n) is 9.56. The summed E-state index contributed by atoms with van der Waals surface area (Å²) in [6.45, 7) is 2.53. The van der Waals surface area contributed by atoms with Crippen LogP contribution in [0.25, 0.3) is 11.1 Å². The molecule has 7 heteroatoms. The number of allylic oxidation sites excluding steroid dienone is 10. The molecule has 2 aromatic rings. The Hall–Kier alpha value is -4.26. The van der Waals surface area contributed by atoms with Crippen molar-refractivity contribution >= 4 is 11.8 Å². The number of carbonyl (C=O) groups excluding carboxylic acids is 2. The maximum absolute atomic E-state index is 14.1. The zero-order valence-corrected chi connectivity index (χ0v) is 24.3. The summed E-state index contributed by atoms with van der Waals surface area (Å²) >= 11 is 0. The largest absolute Gasteiger partial charge is 0.507 e. The summed E-state index contributed by atoms with van der Waals surface area (Å²) in [6, 6.07) is 7.23. The van der Waals surface area contributed by atoms with Crippen LogP contribution in [-0.4, -0.2) is 30.0 Å². The molecule has 0 radical (unpaired) electrons. The van der Waals surface area contributed by atoms with E-state index in [1.165, 1.54) is 24.3 Å². The molecule has 0 aliphatic rings. The van der Waals surface area contributed by atoms with Gasteiger partial charge in [0, 0.05) is 31.1 Å². The molecule has 0 aromatic heterocycles. The molecule has 0 bridgehead atoms. The molecule has 0 aliphatic heterocycles. The van der Waals surface area contributed by atoms with Gasteiger partial charge in [-0.2, -0.15) is 0 Å². The quantitative estimate of drug-likeness (QED) is 0.124. The maximum Gasteiger partial charge on any atom is 0.255 e. The number of halogens is 2. The van der Waals surface area contributed by atoms with E-state index in [0.29, 0.717) is 12.0 Å². The van der Waals surface area contributed by atoms with Gasteiger partial charge in [-0.15, -0.1) is 0 Å². The smallest absolute Gasteiger partial charge is 0.255 e. The molecule has 3 N–H and O–H groups in total. The van der Waals surface area contributed by atoms with Gasteiger partial charge in [0.05, 0.1) is 5.56 Å². The van der Waals surface area contributed by atoms with Crippen molar-refractivity contribution in [1.29, 1.82) is 0 Å². The molecule has 0 atom stereocenters. The van der Waals surface area contributed by atoms with Gasteiger partial charge in [-0.05, 0) is 74.8 Å². The normalized spacial score (nSPS) is 12.0. The molecule has 0 unspecified atom stereocenters. The molecular weight excluding hydrogens is 534 g/mol. The van der Waals surface area contributed by atoms with Crippen molar-refractivity contribution in [3.63, 3.8) is 0 Å². The topological polar surface area (TPSA) is 78.4 Å². The van der Waals surface area contributed by atoms with Crippen LogP contribution < -0.4 is 10.6 Å². The minimum Gasteiger partial charge on any atom is -0.507 e. The van der Waals surface area contributed by atoms with E-state index in [-0.39, 0.29) is 35.9 Å². The van der Waals surface area contributed by atoms with Crippen LogP contribution >= 0.6 is 0 Å². The number of amides is 2. The van der Waals surface area contributed by atoms with Gasteiger partial charge >= 0.3 is 0 Å². The molecule has 224 valence electrons. The second kappa shape index (κ2) is 20.6. The Kier molecular flexibility index (Phi) is 16.6. The Morgan fingerprint density at radius 1 is 0.762 bits per heavy atom. The van der Waals surface area contributed by atoms with E-state index in [0.717, 1.165) is 57.1 Å². The first-order valence-corrected chi connectivity index (χ1v) is 14.5. The van der Waals surface area contributed by atoms with Gasteiger partial charge in [0.2, 0.25) is 5.91 Å². The Morgan fingerprint density at radius 2 is 1.36 bits per heavy atom. The van der Waals surface area contributed by atoms with E-state index >= 15 is 0 Å². The lowest BCUT2D eigenvalue weighted by Gasteiger charge is -2.10. The lowest BCUT2D eigenvalue weighted by atomic mass is 10.0. The average Bonchev–Trinajstić information content (AvgIpc) is 2.97. The molecule has 2 rings (SSSR count). The van der Waals surface area contributed by atoms with Crippen LogP contribution in [0.1, 0.15) is 68.6 Å². The van der Waals surface area contributed by atoms with Crippen molar-refractivity contribution in [2.45, 2.75) is 58.3 Å². The number of phenols is 1. The van der Waals surface area contributed by atoms with Crippen LogP contribution in [0, 0.1) is 11.6 Å². The summed E-state index contributed by atoms with van der Waals surface area (Å²) < 4.78 is 27.3. The van der Waals surface area contributed by atoms with Crippen molar-refractivity contribution < 1.29 is 23.5 Å². The number of nitrogens with one attached hydrogen (secondary N) is 2. The number of aromatic hydroxyl groups is 1. The Morgan fingerprint density at radius 3 is 1.98 bits per heavy atom. The third kappa shape index (κ3) is 13.9. The van der Waals surface area contributed by atoms with Crippen LogP contribution in [0.2, 0.25) is 0 Å². The molecule has 0 aliphatic carbocycles. The van der Waals surface area contributed by atoms with E-state index in [4.69, 9.17) is 0 Å². The SMILES string of the molecule is CCC=CCC=CCC=CCC=CCC=CCCCC(=O)NCCNC(=O)c1cc(-c2ccc(F)cc2F)ccc1O. The first-order chi connectivity index (χ1) is 20.4. The van der Waals surface area contributed by atoms with Crippen LogP contribution in [0.15, 0.2) is 97.2 Å². The van der Waals surface area contributed by atoms with Crippen molar-refractivity contribution in [3.05, 3.63) is 114 Å². The van der Waals surface area contributed by atoms with E-state index in [1.54, 1.807) is 0 Å². The average molecular weight is 577 g/mol. The van der Waals surface area contributed by atoms with Crippen LogP contribution in [0.3, 0.4) is 0 Å². The van der Waals surface area contributed by atoms with Crippen LogP contribution in [0.5, 0.6) is 5.75 Å². The van der Waals surface area contributed by atoms with Crippen molar-refractivity contribution in [3.8, 4) is 16.9 Å². The van der Waals surface area contributed by atoms with Gasteiger partial charge in [-0.3, -0.25) is 9.59 Å². The van der Waals surface area contributed by atoms with Gasteiger partial charge < -0.3 is 15.7 Å². The predicted octanol–water partition coefficient (Wildman–Crippen LogP) is 8.11. The number of unbranched alkanes of at least 4 members (excludes halogenated alkanes) is 1. The third-order valence-corrected chi connectivity index (χ3v) is 6.15. The fraction of sp³-hybridized carbons (Fsp3) is 0.314. The predicted molar refractivity (Wildman–Crippen MR) is 167 cm³/mol. The Labute approximate surface area is 248 Å². The summed E-state index contributed by atoms with van der Waals surface area (Å²) in [4.78, 5) is 24.6. The highest BCUT2D eigenvalue weighted by Gasteiger charge is 2.14. The lowest BCUT2D eigenvalue weighted by Crippen LogP contribution is -2.34. The zero-order chi connectivity index (χ0) is 30.4. The van der Waals surface area contributed by atoms with Crippen LogP contribution in [-0.2, 0) is 4.79 Å². The van der Waals surface area contributed by atoms with E-state index in [2.05, 4.69) is 78.3 Å². The van der Waals surface area contributed by atoms with Gasteiger partial charge in [-0.25, -0.2) is 8.78 Å². The summed E-state index contributed by atoms with van der Waals surface area (Å²) in [5.74, 6) is -2.41. The number of rotatable bonds is 18.